The minimum absolute atomic E-state index is 0.0755. The van der Waals surface area contributed by atoms with Crippen LogP contribution in [0, 0.1) is 0 Å². The summed E-state index contributed by atoms with van der Waals surface area (Å²) in [4.78, 5) is 11.5. The van der Waals surface area contributed by atoms with Gasteiger partial charge in [0.2, 0.25) is 5.91 Å². The first kappa shape index (κ1) is 12.7. The molecule has 0 radical (unpaired) electrons. The first-order valence-corrected chi connectivity index (χ1v) is 5.79. The van der Waals surface area contributed by atoms with Crippen LogP contribution in [0.25, 0.3) is 0 Å². The summed E-state index contributed by atoms with van der Waals surface area (Å²) in [5, 5.41) is 2.86. The molecule has 0 fully saturated rings. The number of rotatable bonds is 5. The fourth-order valence-corrected chi connectivity index (χ4v) is 1.57. The lowest BCUT2D eigenvalue weighted by Crippen LogP contribution is -2.39. The van der Waals surface area contributed by atoms with E-state index in [0.29, 0.717) is 13.0 Å². The van der Waals surface area contributed by atoms with Crippen molar-refractivity contribution < 1.29 is 4.79 Å². The van der Waals surface area contributed by atoms with Gasteiger partial charge >= 0.3 is 0 Å². The Balaban J connectivity index is 2.57. The van der Waals surface area contributed by atoms with Crippen LogP contribution in [0.1, 0.15) is 31.4 Å². The van der Waals surface area contributed by atoms with E-state index < -0.39 is 6.04 Å². The number of hydrogen-bond acceptors (Lipinski definition) is 2. The molecule has 1 amide bonds. The van der Waals surface area contributed by atoms with Crippen molar-refractivity contribution in [2.75, 3.05) is 0 Å². The van der Waals surface area contributed by atoms with E-state index in [-0.39, 0.29) is 5.91 Å². The molecule has 1 aromatic rings. The fraction of sp³-hybridized carbons (Fsp3) is 0.462. The number of aryl methyl sites for hydroxylation is 1. The standard InChI is InChI=1S/C13H20N2O/c1-3-10-7-5-6-8-11(10)9-15-13(16)12(14)4-2/h5-8,12H,3-4,9,14H2,1-2H3,(H,15,16). The zero-order valence-corrected chi connectivity index (χ0v) is 9.99. The molecule has 88 valence electrons. The van der Waals surface area contributed by atoms with Crippen molar-refractivity contribution in [1.29, 1.82) is 0 Å². The van der Waals surface area contributed by atoms with Crippen molar-refractivity contribution in [3.63, 3.8) is 0 Å². The van der Waals surface area contributed by atoms with Crippen LogP contribution in [0.5, 0.6) is 0 Å². The number of carbonyl (C=O) groups is 1. The number of hydrogen-bond donors (Lipinski definition) is 2. The van der Waals surface area contributed by atoms with Gasteiger partial charge in [-0.3, -0.25) is 4.79 Å². The van der Waals surface area contributed by atoms with Crippen LogP contribution >= 0.6 is 0 Å². The maximum Gasteiger partial charge on any atom is 0.237 e. The topological polar surface area (TPSA) is 55.1 Å². The third-order valence-corrected chi connectivity index (χ3v) is 2.73. The SMILES string of the molecule is CCc1ccccc1CNC(=O)C(N)CC. The normalized spacial score (nSPS) is 12.2. The summed E-state index contributed by atoms with van der Waals surface area (Å²) in [7, 11) is 0. The first-order valence-electron chi connectivity index (χ1n) is 5.79. The number of carbonyl (C=O) groups excluding carboxylic acids is 1. The molecule has 0 saturated carbocycles. The molecule has 1 rings (SSSR count). The van der Waals surface area contributed by atoms with Gasteiger partial charge in [-0.05, 0) is 24.0 Å². The molecule has 0 heterocycles. The molecule has 0 aliphatic carbocycles. The van der Waals surface area contributed by atoms with Crippen molar-refractivity contribution in [1.82, 2.24) is 5.32 Å². The van der Waals surface area contributed by atoms with Crippen molar-refractivity contribution in [3.05, 3.63) is 35.4 Å². The largest absolute Gasteiger partial charge is 0.351 e. The van der Waals surface area contributed by atoms with E-state index in [4.69, 9.17) is 5.73 Å². The second kappa shape index (κ2) is 6.28. The van der Waals surface area contributed by atoms with Crippen LogP contribution in [0.3, 0.4) is 0 Å². The van der Waals surface area contributed by atoms with E-state index in [1.807, 2.05) is 25.1 Å². The molecule has 0 aliphatic rings. The Bertz CT molecular complexity index is 350. The summed E-state index contributed by atoms with van der Waals surface area (Å²) in [5.41, 5.74) is 8.08. The maximum absolute atomic E-state index is 11.5. The predicted octanol–water partition coefficient (Wildman–Crippen LogP) is 1.60. The van der Waals surface area contributed by atoms with Crippen LogP contribution in [0.15, 0.2) is 24.3 Å². The lowest BCUT2D eigenvalue weighted by atomic mass is 10.1. The maximum atomic E-state index is 11.5. The summed E-state index contributed by atoms with van der Waals surface area (Å²) in [5.74, 6) is -0.0755. The second-order valence-electron chi connectivity index (χ2n) is 3.85. The van der Waals surface area contributed by atoms with Gasteiger partial charge in [0.15, 0.2) is 0 Å². The Morgan fingerprint density at radius 3 is 2.50 bits per heavy atom. The lowest BCUT2D eigenvalue weighted by Gasteiger charge is -2.12. The lowest BCUT2D eigenvalue weighted by molar-refractivity contribution is -0.122. The molecule has 16 heavy (non-hydrogen) atoms. The average Bonchev–Trinajstić information content (AvgIpc) is 2.35. The Hall–Kier alpha value is -1.35. The molecule has 0 spiro atoms. The summed E-state index contributed by atoms with van der Waals surface area (Å²) >= 11 is 0. The van der Waals surface area contributed by atoms with E-state index >= 15 is 0 Å². The second-order valence-corrected chi connectivity index (χ2v) is 3.85. The Morgan fingerprint density at radius 1 is 1.31 bits per heavy atom. The van der Waals surface area contributed by atoms with Gasteiger partial charge in [0.1, 0.15) is 0 Å². The van der Waals surface area contributed by atoms with Crippen molar-refractivity contribution in [3.8, 4) is 0 Å². The van der Waals surface area contributed by atoms with Crippen molar-refractivity contribution in [2.45, 2.75) is 39.3 Å². The Kier molecular flexibility index (Phi) is 4.99. The molecule has 1 aromatic carbocycles. The van der Waals surface area contributed by atoms with Gasteiger partial charge in [-0.15, -0.1) is 0 Å². The summed E-state index contributed by atoms with van der Waals surface area (Å²) in [6.45, 7) is 4.58. The number of nitrogens with one attached hydrogen (secondary N) is 1. The van der Waals surface area contributed by atoms with Crippen LogP contribution in [0.2, 0.25) is 0 Å². The Morgan fingerprint density at radius 2 is 1.94 bits per heavy atom. The van der Waals surface area contributed by atoms with Crippen molar-refractivity contribution in [2.24, 2.45) is 5.73 Å². The van der Waals surface area contributed by atoms with Crippen LogP contribution < -0.4 is 11.1 Å². The van der Waals surface area contributed by atoms with E-state index in [1.54, 1.807) is 0 Å². The van der Waals surface area contributed by atoms with E-state index in [0.717, 1.165) is 6.42 Å². The van der Waals surface area contributed by atoms with Crippen molar-refractivity contribution >= 4 is 5.91 Å². The van der Waals surface area contributed by atoms with Gasteiger partial charge in [-0.1, -0.05) is 38.1 Å². The predicted molar refractivity (Wildman–Crippen MR) is 65.9 cm³/mol. The molecular formula is C13H20N2O. The van der Waals surface area contributed by atoms with E-state index in [9.17, 15) is 4.79 Å². The Labute approximate surface area is 97.0 Å². The van der Waals surface area contributed by atoms with Gasteiger partial charge in [0.05, 0.1) is 6.04 Å². The monoisotopic (exact) mass is 220 g/mol. The molecule has 3 heteroatoms. The van der Waals surface area contributed by atoms with Gasteiger partial charge in [0, 0.05) is 6.54 Å². The number of nitrogens with two attached hydrogens (primary N) is 1. The quantitative estimate of drug-likeness (QED) is 0.792. The zero-order valence-electron chi connectivity index (χ0n) is 9.99. The minimum Gasteiger partial charge on any atom is -0.351 e. The molecule has 0 aromatic heterocycles. The molecular weight excluding hydrogens is 200 g/mol. The molecule has 0 aliphatic heterocycles. The zero-order chi connectivity index (χ0) is 12.0. The summed E-state index contributed by atoms with van der Waals surface area (Å²) in [6.07, 6.45) is 1.65. The molecule has 0 saturated heterocycles. The van der Waals surface area contributed by atoms with Gasteiger partial charge in [-0.25, -0.2) is 0 Å². The summed E-state index contributed by atoms with van der Waals surface area (Å²) in [6, 6.07) is 7.73. The first-order chi connectivity index (χ1) is 7.69. The van der Waals surface area contributed by atoms with Crippen LogP contribution in [-0.4, -0.2) is 11.9 Å². The third-order valence-electron chi connectivity index (χ3n) is 2.73. The molecule has 1 unspecified atom stereocenters. The van der Waals surface area contributed by atoms with Gasteiger partial charge in [0.25, 0.3) is 0 Å². The highest BCUT2D eigenvalue weighted by atomic mass is 16.2. The number of benzene rings is 1. The van der Waals surface area contributed by atoms with E-state index in [2.05, 4.69) is 18.3 Å². The molecule has 3 N–H and O–H groups in total. The average molecular weight is 220 g/mol. The van der Waals surface area contributed by atoms with E-state index in [1.165, 1.54) is 11.1 Å². The minimum atomic E-state index is -0.395. The molecule has 3 nitrogen and oxygen atoms in total. The van der Waals surface area contributed by atoms with Gasteiger partial charge in [-0.2, -0.15) is 0 Å². The fourth-order valence-electron chi connectivity index (χ4n) is 1.57. The highest BCUT2D eigenvalue weighted by Gasteiger charge is 2.10. The number of amides is 1. The molecule has 1 atom stereocenters. The highest BCUT2D eigenvalue weighted by molar-refractivity contribution is 5.81. The van der Waals surface area contributed by atoms with Crippen LogP contribution in [-0.2, 0) is 17.8 Å². The van der Waals surface area contributed by atoms with Gasteiger partial charge < -0.3 is 11.1 Å². The third kappa shape index (κ3) is 3.35. The van der Waals surface area contributed by atoms with Crippen LogP contribution in [0.4, 0.5) is 0 Å². The molecule has 0 bridgehead atoms. The summed E-state index contributed by atoms with van der Waals surface area (Å²) < 4.78 is 0. The smallest absolute Gasteiger partial charge is 0.237 e. The highest BCUT2D eigenvalue weighted by Crippen LogP contribution is 2.08.